The summed E-state index contributed by atoms with van der Waals surface area (Å²) in [4.78, 5) is 11.8. The van der Waals surface area contributed by atoms with E-state index in [0.717, 1.165) is 56.4 Å². The molecule has 1 aromatic carbocycles. The van der Waals surface area contributed by atoms with Gasteiger partial charge in [0.25, 0.3) is 0 Å². The fourth-order valence-corrected chi connectivity index (χ4v) is 3.62. The molecule has 1 atom stereocenters. The van der Waals surface area contributed by atoms with Crippen LogP contribution in [-0.4, -0.2) is 55.5 Å². The maximum Gasteiger partial charge on any atom is 0.0658 e. The smallest absolute Gasteiger partial charge is 0.0658 e. The number of aliphatic imine (C=N–C) groups is 1. The molecule has 5 nitrogen and oxygen atoms in total. The van der Waals surface area contributed by atoms with Gasteiger partial charge in [-0.3, -0.25) is 14.9 Å². The summed E-state index contributed by atoms with van der Waals surface area (Å²) in [6, 6.07) is 10.9. The van der Waals surface area contributed by atoms with Crippen LogP contribution in [0.1, 0.15) is 38.2 Å². The Morgan fingerprint density at radius 2 is 2.07 bits per heavy atom. The first-order valence-corrected chi connectivity index (χ1v) is 10.2. The topological polar surface area (TPSA) is 49.8 Å². The number of nitrogens with one attached hydrogen (secondary N) is 1. The molecule has 2 aromatic rings. The van der Waals surface area contributed by atoms with Gasteiger partial charge in [-0.1, -0.05) is 30.3 Å². The number of benzene rings is 1. The first-order valence-electron chi connectivity index (χ1n) is 10.2. The van der Waals surface area contributed by atoms with Gasteiger partial charge in [0.1, 0.15) is 0 Å². The molecule has 1 aliphatic heterocycles. The van der Waals surface area contributed by atoms with Crippen LogP contribution >= 0.6 is 0 Å². The van der Waals surface area contributed by atoms with Gasteiger partial charge in [0, 0.05) is 44.2 Å². The second-order valence-corrected chi connectivity index (χ2v) is 7.30. The Kier molecular flexibility index (Phi) is 7.18. The molecule has 28 heavy (non-hydrogen) atoms. The highest BCUT2D eigenvalue weighted by Gasteiger charge is 2.15. The van der Waals surface area contributed by atoms with Crippen molar-refractivity contribution >= 4 is 16.5 Å². The number of hydrogen-bond donors (Lipinski definition) is 1. The third-order valence-electron chi connectivity index (χ3n) is 5.44. The van der Waals surface area contributed by atoms with E-state index in [9.17, 15) is 0 Å². The lowest BCUT2D eigenvalue weighted by Crippen LogP contribution is -2.37. The van der Waals surface area contributed by atoms with Crippen molar-refractivity contribution in [3.8, 4) is 0 Å². The molecule has 0 radical (unpaired) electrons. The van der Waals surface area contributed by atoms with E-state index >= 15 is 0 Å². The molecule has 0 saturated carbocycles. The van der Waals surface area contributed by atoms with Crippen molar-refractivity contribution in [2.75, 3.05) is 39.9 Å². The molecule has 0 spiro atoms. The fraction of sp³-hybridized carbons (Fsp3) is 0.478. The Labute approximate surface area is 168 Å². The van der Waals surface area contributed by atoms with E-state index in [2.05, 4.69) is 58.5 Å². The highest BCUT2D eigenvalue weighted by Crippen LogP contribution is 2.23. The Bertz CT molecular complexity index is 853. The van der Waals surface area contributed by atoms with E-state index in [-0.39, 0.29) is 6.04 Å². The number of rotatable bonds is 7. The molecule has 1 aromatic heterocycles. The van der Waals surface area contributed by atoms with Gasteiger partial charge in [0.05, 0.1) is 36.4 Å². The van der Waals surface area contributed by atoms with Crippen molar-refractivity contribution in [2.24, 2.45) is 4.99 Å². The quantitative estimate of drug-likeness (QED) is 0.743. The van der Waals surface area contributed by atoms with Crippen molar-refractivity contribution in [1.82, 2.24) is 15.2 Å². The van der Waals surface area contributed by atoms with Gasteiger partial charge < -0.3 is 10.1 Å². The van der Waals surface area contributed by atoms with Gasteiger partial charge in [0.2, 0.25) is 0 Å². The molecule has 2 heterocycles. The number of fused-ring (bicyclic) bond motifs is 1. The highest BCUT2D eigenvalue weighted by atomic mass is 16.5. The first kappa shape index (κ1) is 20.5. The summed E-state index contributed by atoms with van der Waals surface area (Å²) in [5.74, 6) is 0. The second kappa shape index (κ2) is 9.80. The van der Waals surface area contributed by atoms with Crippen LogP contribution in [0, 0.1) is 0 Å². The minimum atomic E-state index is 0.106. The van der Waals surface area contributed by atoms with E-state index in [1.165, 1.54) is 16.5 Å². The van der Waals surface area contributed by atoms with Crippen molar-refractivity contribution < 1.29 is 4.74 Å². The van der Waals surface area contributed by atoms with Crippen LogP contribution in [-0.2, 0) is 11.2 Å². The number of pyridine rings is 1. The SMILES string of the molecule is C/C=C(N[C@@H](C)c1cc2ccccc2c(CCN2CCOCC2)n1)\C(C)=N\C. The van der Waals surface area contributed by atoms with Crippen molar-refractivity contribution in [3.05, 3.63) is 53.5 Å². The molecule has 0 unspecified atom stereocenters. The minimum absolute atomic E-state index is 0.106. The van der Waals surface area contributed by atoms with Gasteiger partial charge in [-0.05, 0) is 32.2 Å². The Morgan fingerprint density at radius 1 is 1.32 bits per heavy atom. The largest absolute Gasteiger partial charge is 0.379 e. The molecule has 0 bridgehead atoms. The average Bonchev–Trinajstić information content (AvgIpc) is 2.75. The molecule has 5 heteroatoms. The zero-order valence-electron chi connectivity index (χ0n) is 17.5. The van der Waals surface area contributed by atoms with Gasteiger partial charge in [-0.15, -0.1) is 0 Å². The van der Waals surface area contributed by atoms with Crippen molar-refractivity contribution in [1.29, 1.82) is 0 Å². The van der Waals surface area contributed by atoms with Crippen LogP contribution in [0.4, 0.5) is 0 Å². The summed E-state index contributed by atoms with van der Waals surface area (Å²) in [7, 11) is 1.82. The van der Waals surface area contributed by atoms with Crippen molar-refractivity contribution in [3.63, 3.8) is 0 Å². The molecule has 1 fully saturated rings. The molecular formula is C23H32N4O. The zero-order valence-corrected chi connectivity index (χ0v) is 17.5. The summed E-state index contributed by atoms with van der Waals surface area (Å²) >= 11 is 0. The first-order chi connectivity index (χ1) is 13.6. The molecule has 1 aliphatic rings. The lowest BCUT2D eigenvalue weighted by molar-refractivity contribution is 0.0384. The molecule has 1 saturated heterocycles. The molecule has 0 amide bonds. The number of hydrogen-bond acceptors (Lipinski definition) is 5. The summed E-state index contributed by atoms with van der Waals surface area (Å²) < 4.78 is 5.47. The monoisotopic (exact) mass is 380 g/mol. The predicted octanol–water partition coefficient (Wildman–Crippen LogP) is 3.75. The Balaban J connectivity index is 1.84. The van der Waals surface area contributed by atoms with Crippen molar-refractivity contribution in [2.45, 2.75) is 33.2 Å². The third kappa shape index (κ3) is 4.97. The van der Waals surface area contributed by atoms with Crippen LogP contribution in [0.25, 0.3) is 10.8 Å². The lowest BCUT2D eigenvalue weighted by Gasteiger charge is -2.26. The van der Waals surface area contributed by atoms with Crippen LogP contribution < -0.4 is 5.32 Å². The summed E-state index contributed by atoms with van der Waals surface area (Å²) in [5, 5.41) is 6.08. The standard InChI is InChI=1S/C23H32N4O/c1-5-21(17(2)24-4)25-18(3)23-16-19-8-6-7-9-20(19)22(26-23)10-11-27-12-14-28-15-13-27/h5-9,16,18,25H,10-15H2,1-4H3/b21-5+,24-17+/t18-/m0/s1. The number of ether oxygens (including phenoxy) is 1. The predicted molar refractivity (Wildman–Crippen MR) is 117 cm³/mol. The Hall–Kier alpha value is -2.24. The average molecular weight is 381 g/mol. The summed E-state index contributed by atoms with van der Waals surface area (Å²) in [6.45, 7) is 10.9. The summed E-state index contributed by atoms with van der Waals surface area (Å²) in [5.41, 5.74) is 4.30. The van der Waals surface area contributed by atoms with Gasteiger partial charge >= 0.3 is 0 Å². The highest BCUT2D eigenvalue weighted by molar-refractivity contribution is 5.97. The lowest BCUT2D eigenvalue weighted by atomic mass is 10.0. The van der Waals surface area contributed by atoms with Gasteiger partial charge in [0.15, 0.2) is 0 Å². The third-order valence-corrected chi connectivity index (χ3v) is 5.44. The summed E-state index contributed by atoms with van der Waals surface area (Å²) in [6.07, 6.45) is 3.02. The maximum absolute atomic E-state index is 5.47. The molecule has 150 valence electrons. The maximum atomic E-state index is 5.47. The molecule has 0 aliphatic carbocycles. The fourth-order valence-electron chi connectivity index (χ4n) is 3.62. The normalized spacial score (nSPS) is 17.7. The Morgan fingerprint density at radius 3 is 2.79 bits per heavy atom. The molecule has 1 N–H and O–H groups in total. The van der Waals surface area contributed by atoms with Gasteiger partial charge in [-0.2, -0.15) is 0 Å². The van der Waals surface area contributed by atoms with E-state index in [0.29, 0.717) is 0 Å². The number of aromatic nitrogens is 1. The molecular weight excluding hydrogens is 348 g/mol. The van der Waals surface area contributed by atoms with Crippen LogP contribution in [0.15, 0.2) is 47.1 Å². The number of allylic oxidation sites excluding steroid dienone is 2. The zero-order chi connectivity index (χ0) is 19.9. The van der Waals surface area contributed by atoms with Crippen LogP contribution in [0.2, 0.25) is 0 Å². The molecule has 3 rings (SSSR count). The second-order valence-electron chi connectivity index (χ2n) is 7.30. The number of nitrogens with zero attached hydrogens (tertiary/aromatic N) is 3. The number of morpholine rings is 1. The van der Waals surface area contributed by atoms with E-state index in [1.54, 1.807) is 0 Å². The van der Waals surface area contributed by atoms with Crippen LogP contribution in [0.5, 0.6) is 0 Å². The van der Waals surface area contributed by atoms with E-state index in [1.807, 2.05) is 20.9 Å². The van der Waals surface area contributed by atoms with E-state index < -0.39 is 0 Å². The van der Waals surface area contributed by atoms with E-state index in [4.69, 9.17) is 9.72 Å². The van der Waals surface area contributed by atoms with Crippen LogP contribution in [0.3, 0.4) is 0 Å². The minimum Gasteiger partial charge on any atom is -0.379 e. The van der Waals surface area contributed by atoms with Gasteiger partial charge in [-0.25, -0.2) is 0 Å².